The summed E-state index contributed by atoms with van der Waals surface area (Å²) in [6.07, 6.45) is 1.11. The van der Waals surface area contributed by atoms with Gasteiger partial charge in [0.2, 0.25) is 5.91 Å². The Labute approximate surface area is 104 Å². The Kier molecular flexibility index (Phi) is 4.95. The SMILES string of the molecule is CC(C)CNC(=O)C(C)NC1(C)CCOC1C. The van der Waals surface area contributed by atoms with Crippen molar-refractivity contribution in [3.05, 3.63) is 0 Å². The highest BCUT2D eigenvalue weighted by molar-refractivity contribution is 5.81. The minimum absolute atomic E-state index is 0.0685. The van der Waals surface area contributed by atoms with Gasteiger partial charge in [0, 0.05) is 18.7 Å². The summed E-state index contributed by atoms with van der Waals surface area (Å²) in [4.78, 5) is 11.9. The van der Waals surface area contributed by atoms with Crippen LogP contribution < -0.4 is 10.6 Å². The van der Waals surface area contributed by atoms with E-state index < -0.39 is 0 Å². The van der Waals surface area contributed by atoms with Crippen molar-refractivity contribution in [2.75, 3.05) is 13.2 Å². The minimum atomic E-state index is -0.178. The maximum Gasteiger partial charge on any atom is 0.236 e. The molecule has 4 heteroatoms. The van der Waals surface area contributed by atoms with Gasteiger partial charge in [0.15, 0.2) is 0 Å². The molecule has 1 saturated heterocycles. The number of hydrogen-bond acceptors (Lipinski definition) is 3. The molecule has 0 spiro atoms. The lowest BCUT2D eigenvalue weighted by Gasteiger charge is -2.32. The maximum absolute atomic E-state index is 11.9. The van der Waals surface area contributed by atoms with Crippen LogP contribution in [0, 0.1) is 5.92 Å². The first-order chi connectivity index (χ1) is 7.85. The highest BCUT2D eigenvalue weighted by atomic mass is 16.5. The lowest BCUT2D eigenvalue weighted by atomic mass is 9.93. The van der Waals surface area contributed by atoms with Gasteiger partial charge in [-0.05, 0) is 33.1 Å². The fourth-order valence-corrected chi connectivity index (χ4v) is 2.04. The van der Waals surface area contributed by atoms with Crippen LogP contribution in [0.3, 0.4) is 0 Å². The van der Waals surface area contributed by atoms with Crippen LogP contribution in [-0.4, -0.2) is 36.7 Å². The summed E-state index contributed by atoms with van der Waals surface area (Å²) in [5.41, 5.74) is -0.0887. The van der Waals surface area contributed by atoms with Crippen molar-refractivity contribution in [1.82, 2.24) is 10.6 Å². The summed E-state index contributed by atoms with van der Waals surface area (Å²) in [6, 6.07) is -0.178. The van der Waals surface area contributed by atoms with E-state index in [1.165, 1.54) is 0 Å². The molecule has 2 N–H and O–H groups in total. The summed E-state index contributed by atoms with van der Waals surface area (Å²) in [6.45, 7) is 11.8. The van der Waals surface area contributed by atoms with E-state index in [9.17, 15) is 4.79 Å². The Hall–Kier alpha value is -0.610. The monoisotopic (exact) mass is 242 g/mol. The van der Waals surface area contributed by atoms with Gasteiger partial charge in [-0.1, -0.05) is 13.8 Å². The van der Waals surface area contributed by atoms with Crippen LogP contribution in [-0.2, 0) is 9.53 Å². The van der Waals surface area contributed by atoms with Gasteiger partial charge in [-0.2, -0.15) is 0 Å². The van der Waals surface area contributed by atoms with Crippen LogP contribution in [0.1, 0.15) is 41.0 Å². The molecule has 17 heavy (non-hydrogen) atoms. The zero-order valence-corrected chi connectivity index (χ0v) is 11.7. The first kappa shape index (κ1) is 14.5. The van der Waals surface area contributed by atoms with Crippen LogP contribution in [0.25, 0.3) is 0 Å². The Morgan fingerprint density at radius 2 is 2.12 bits per heavy atom. The van der Waals surface area contributed by atoms with Gasteiger partial charge < -0.3 is 10.1 Å². The van der Waals surface area contributed by atoms with Gasteiger partial charge in [-0.15, -0.1) is 0 Å². The number of hydrogen-bond donors (Lipinski definition) is 2. The van der Waals surface area contributed by atoms with E-state index in [-0.39, 0.29) is 23.6 Å². The normalized spacial score (nSPS) is 30.6. The second-order valence-corrected chi connectivity index (χ2v) is 5.69. The first-order valence-corrected chi connectivity index (χ1v) is 6.52. The summed E-state index contributed by atoms with van der Waals surface area (Å²) in [5, 5.41) is 6.34. The fraction of sp³-hybridized carbons (Fsp3) is 0.923. The quantitative estimate of drug-likeness (QED) is 0.764. The van der Waals surface area contributed by atoms with Crippen molar-refractivity contribution in [3.63, 3.8) is 0 Å². The van der Waals surface area contributed by atoms with Crippen LogP contribution in [0.4, 0.5) is 0 Å². The molecule has 0 aliphatic carbocycles. The third-order valence-corrected chi connectivity index (χ3v) is 3.51. The predicted molar refractivity (Wildman–Crippen MR) is 68.9 cm³/mol. The van der Waals surface area contributed by atoms with Gasteiger partial charge in [0.05, 0.1) is 12.1 Å². The largest absolute Gasteiger partial charge is 0.377 e. The van der Waals surface area contributed by atoms with Gasteiger partial charge >= 0.3 is 0 Å². The van der Waals surface area contributed by atoms with Gasteiger partial charge in [0.1, 0.15) is 0 Å². The molecular weight excluding hydrogens is 216 g/mol. The fourth-order valence-electron chi connectivity index (χ4n) is 2.04. The summed E-state index contributed by atoms with van der Waals surface area (Å²) in [7, 11) is 0. The highest BCUT2D eigenvalue weighted by Gasteiger charge is 2.38. The Bertz CT molecular complexity index is 268. The molecule has 4 nitrogen and oxygen atoms in total. The summed E-state index contributed by atoms with van der Waals surface area (Å²) >= 11 is 0. The molecule has 0 saturated carbocycles. The Balaban J connectivity index is 2.42. The van der Waals surface area contributed by atoms with E-state index in [2.05, 4.69) is 38.3 Å². The minimum Gasteiger partial charge on any atom is -0.377 e. The van der Waals surface area contributed by atoms with Gasteiger partial charge in [-0.25, -0.2) is 0 Å². The standard InChI is InChI=1S/C13H26N2O2/c1-9(2)8-14-12(16)10(3)15-13(5)6-7-17-11(13)4/h9-11,15H,6-8H2,1-5H3,(H,14,16). The second-order valence-electron chi connectivity index (χ2n) is 5.69. The van der Waals surface area contributed by atoms with Crippen LogP contribution in [0.2, 0.25) is 0 Å². The van der Waals surface area contributed by atoms with Crippen LogP contribution in [0.15, 0.2) is 0 Å². The van der Waals surface area contributed by atoms with E-state index in [4.69, 9.17) is 4.74 Å². The van der Waals surface area contributed by atoms with E-state index in [0.717, 1.165) is 19.6 Å². The molecule has 0 bridgehead atoms. The number of nitrogens with one attached hydrogen (secondary N) is 2. The molecule has 0 aromatic carbocycles. The van der Waals surface area contributed by atoms with E-state index in [0.29, 0.717) is 5.92 Å². The highest BCUT2D eigenvalue weighted by Crippen LogP contribution is 2.25. The molecular formula is C13H26N2O2. The maximum atomic E-state index is 11.9. The first-order valence-electron chi connectivity index (χ1n) is 6.52. The van der Waals surface area contributed by atoms with E-state index >= 15 is 0 Å². The molecule has 3 unspecified atom stereocenters. The molecule has 1 fully saturated rings. The zero-order chi connectivity index (χ0) is 13.1. The summed E-state index contributed by atoms with van der Waals surface area (Å²) in [5.74, 6) is 0.550. The molecule has 1 aliphatic heterocycles. The number of amides is 1. The van der Waals surface area contributed by atoms with Crippen molar-refractivity contribution in [2.24, 2.45) is 5.92 Å². The molecule has 1 amide bonds. The molecule has 3 atom stereocenters. The predicted octanol–water partition coefficient (Wildman–Crippen LogP) is 1.30. The van der Waals surface area contributed by atoms with Gasteiger partial charge in [-0.3, -0.25) is 10.1 Å². The number of carbonyl (C=O) groups is 1. The third-order valence-electron chi connectivity index (χ3n) is 3.51. The average molecular weight is 242 g/mol. The topological polar surface area (TPSA) is 50.4 Å². The lowest BCUT2D eigenvalue weighted by molar-refractivity contribution is -0.123. The molecule has 0 aromatic heterocycles. The molecule has 100 valence electrons. The number of rotatable bonds is 5. The molecule has 0 aromatic rings. The number of ether oxygens (including phenoxy) is 1. The third kappa shape index (κ3) is 3.96. The van der Waals surface area contributed by atoms with Crippen LogP contribution in [0.5, 0.6) is 0 Å². The van der Waals surface area contributed by atoms with Gasteiger partial charge in [0.25, 0.3) is 0 Å². The zero-order valence-electron chi connectivity index (χ0n) is 11.7. The van der Waals surface area contributed by atoms with Crippen molar-refractivity contribution in [1.29, 1.82) is 0 Å². The van der Waals surface area contributed by atoms with Crippen molar-refractivity contribution < 1.29 is 9.53 Å². The van der Waals surface area contributed by atoms with E-state index in [1.54, 1.807) is 0 Å². The molecule has 0 radical (unpaired) electrons. The Morgan fingerprint density at radius 1 is 1.47 bits per heavy atom. The van der Waals surface area contributed by atoms with E-state index in [1.807, 2.05) is 6.92 Å². The molecule has 1 aliphatic rings. The lowest BCUT2D eigenvalue weighted by Crippen LogP contribution is -2.56. The molecule has 1 rings (SSSR count). The average Bonchev–Trinajstić information content (AvgIpc) is 2.55. The number of carbonyl (C=O) groups excluding carboxylic acids is 1. The summed E-state index contributed by atoms with van der Waals surface area (Å²) < 4.78 is 5.55. The van der Waals surface area contributed by atoms with Crippen molar-refractivity contribution in [3.8, 4) is 0 Å². The van der Waals surface area contributed by atoms with Crippen molar-refractivity contribution >= 4 is 5.91 Å². The molecule has 1 heterocycles. The van der Waals surface area contributed by atoms with Crippen molar-refractivity contribution in [2.45, 2.75) is 58.7 Å². The smallest absolute Gasteiger partial charge is 0.236 e. The van der Waals surface area contributed by atoms with Crippen LogP contribution >= 0.6 is 0 Å². The second kappa shape index (κ2) is 5.83. The Morgan fingerprint density at radius 3 is 2.59 bits per heavy atom.